The molecule has 0 aromatic rings. The van der Waals surface area contributed by atoms with Crippen molar-refractivity contribution >= 4 is 18.0 Å². The number of hydrogen-bond acceptors (Lipinski definition) is 4. The molecule has 7 heteroatoms. The van der Waals surface area contributed by atoms with E-state index in [1.807, 2.05) is 0 Å². The Bertz CT molecular complexity index is 372. The van der Waals surface area contributed by atoms with Crippen LogP contribution in [0.2, 0.25) is 0 Å². The number of rotatable bonds is 6. The molecule has 1 saturated heterocycles. The van der Waals surface area contributed by atoms with Crippen LogP contribution in [0.25, 0.3) is 0 Å². The number of esters is 1. The lowest BCUT2D eigenvalue weighted by Gasteiger charge is -2.24. The summed E-state index contributed by atoms with van der Waals surface area (Å²) in [4.78, 5) is 36.1. The monoisotopic (exact) mass is 286 g/mol. The largest absolute Gasteiger partial charge is 0.481 e. The molecule has 1 heterocycles. The minimum absolute atomic E-state index is 0.0662. The number of likely N-dealkylation sites (tertiary alicyclic amines) is 1. The minimum atomic E-state index is -0.934. The van der Waals surface area contributed by atoms with Gasteiger partial charge in [-0.2, -0.15) is 0 Å². The van der Waals surface area contributed by atoms with Gasteiger partial charge < -0.3 is 20.1 Å². The maximum atomic E-state index is 12.0. The van der Waals surface area contributed by atoms with Crippen LogP contribution in [0.3, 0.4) is 0 Å². The molecule has 0 spiro atoms. The second kappa shape index (κ2) is 7.72. The molecule has 2 N–H and O–H groups in total. The van der Waals surface area contributed by atoms with Crippen molar-refractivity contribution in [2.24, 2.45) is 5.92 Å². The number of carboxylic acid groups (broad SMARTS) is 1. The highest BCUT2D eigenvalue weighted by atomic mass is 16.5. The highest BCUT2D eigenvalue weighted by Gasteiger charge is 2.35. The van der Waals surface area contributed by atoms with E-state index in [-0.39, 0.29) is 13.2 Å². The van der Waals surface area contributed by atoms with Crippen LogP contribution in [-0.2, 0) is 14.3 Å². The fraction of sp³-hybridized carbons (Fsp3) is 0.769. The molecule has 2 unspecified atom stereocenters. The van der Waals surface area contributed by atoms with Gasteiger partial charge in [0, 0.05) is 13.1 Å². The van der Waals surface area contributed by atoms with Gasteiger partial charge in [0.05, 0.1) is 12.5 Å². The zero-order valence-electron chi connectivity index (χ0n) is 11.9. The van der Waals surface area contributed by atoms with E-state index in [0.717, 1.165) is 6.42 Å². The van der Waals surface area contributed by atoms with Gasteiger partial charge in [-0.15, -0.1) is 0 Å². The molecule has 7 nitrogen and oxygen atoms in total. The summed E-state index contributed by atoms with van der Waals surface area (Å²) in [6.45, 7) is 4.30. The molecular formula is C13H22N2O5. The minimum Gasteiger partial charge on any atom is -0.481 e. The second-order valence-electron chi connectivity index (χ2n) is 4.73. The van der Waals surface area contributed by atoms with Crippen molar-refractivity contribution in [3.05, 3.63) is 0 Å². The number of carboxylic acids is 1. The van der Waals surface area contributed by atoms with E-state index in [9.17, 15) is 14.4 Å². The zero-order valence-corrected chi connectivity index (χ0v) is 11.9. The molecule has 1 fully saturated rings. The number of amides is 2. The highest BCUT2D eigenvalue weighted by molar-refractivity contribution is 5.84. The van der Waals surface area contributed by atoms with Crippen molar-refractivity contribution in [2.75, 3.05) is 19.7 Å². The molecule has 0 bridgehead atoms. The van der Waals surface area contributed by atoms with Crippen molar-refractivity contribution in [1.29, 1.82) is 0 Å². The average molecular weight is 286 g/mol. The maximum Gasteiger partial charge on any atom is 0.328 e. The molecule has 1 rings (SSSR count). The smallest absolute Gasteiger partial charge is 0.328 e. The van der Waals surface area contributed by atoms with Crippen molar-refractivity contribution in [2.45, 2.75) is 39.2 Å². The summed E-state index contributed by atoms with van der Waals surface area (Å²) in [6, 6.07) is -0.958. The van der Waals surface area contributed by atoms with Gasteiger partial charge in [-0.25, -0.2) is 9.59 Å². The molecule has 0 aliphatic carbocycles. The van der Waals surface area contributed by atoms with Gasteiger partial charge in [-0.3, -0.25) is 4.79 Å². The lowest BCUT2D eigenvalue weighted by molar-refractivity contribution is -0.147. The predicted molar refractivity (Wildman–Crippen MR) is 71.2 cm³/mol. The van der Waals surface area contributed by atoms with Crippen molar-refractivity contribution in [3.63, 3.8) is 0 Å². The number of urea groups is 1. The summed E-state index contributed by atoms with van der Waals surface area (Å²) in [7, 11) is 0. The number of ether oxygens (including phenoxy) is 1. The fourth-order valence-electron chi connectivity index (χ4n) is 2.21. The van der Waals surface area contributed by atoms with Gasteiger partial charge in [0.1, 0.15) is 6.04 Å². The van der Waals surface area contributed by atoms with Crippen molar-refractivity contribution in [3.8, 4) is 0 Å². The molecular weight excluding hydrogens is 264 g/mol. The van der Waals surface area contributed by atoms with Gasteiger partial charge in [-0.05, 0) is 26.2 Å². The van der Waals surface area contributed by atoms with Crippen LogP contribution in [0.5, 0.6) is 0 Å². The van der Waals surface area contributed by atoms with Crippen LogP contribution in [0, 0.1) is 5.92 Å². The lowest BCUT2D eigenvalue weighted by Crippen LogP contribution is -2.48. The van der Waals surface area contributed by atoms with Crippen LogP contribution < -0.4 is 5.32 Å². The quantitative estimate of drug-likeness (QED) is 0.705. The summed E-state index contributed by atoms with van der Waals surface area (Å²) in [6.07, 6.45) is 1.77. The first-order chi connectivity index (χ1) is 9.51. The Kier molecular flexibility index (Phi) is 6.27. The predicted octanol–water partition coefficient (Wildman–Crippen LogP) is 0.834. The summed E-state index contributed by atoms with van der Waals surface area (Å²) < 4.78 is 4.94. The third kappa shape index (κ3) is 4.11. The first-order valence-corrected chi connectivity index (χ1v) is 6.95. The summed E-state index contributed by atoms with van der Waals surface area (Å²) in [5.74, 6) is -1.94. The summed E-state index contributed by atoms with van der Waals surface area (Å²) in [5.41, 5.74) is 0. The number of carbonyl (C=O) groups excluding carboxylic acids is 2. The SMILES string of the molecule is CCOC(=O)C1CCCN1C(=O)NCC(CC)C(=O)O. The highest BCUT2D eigenvalue weighted by Crippen LogP contribution is 2.18. The average Bonchev–Trinajstić information content (AvgIpc) is 2.88. The second-order valence-corrected chi connectivity index (χ2v) is 4.73. The molecule has 0 aromatic heterocycles. The van der Waals surface area contributed by atoms with E-state index < -0.39 is 29.9 Å². The van der Waals surface area contributed by atoms with Gasteiger partial charge in [0.15, 0.2) is 0 Å². The molecule has 2 amide bonds. The first-order valence-electron chi connectivity index (χ1n) is 6.95. The Morgan fingerprint density at radius 1 is 1.40 bits per heavy atom. The molecule has 1 aliphatic rings. The molecule has 2 atom stereocenters. The number of aliphatic carboxylic acids is 1. The summed E-state index contributed by atoms with van der Waals surface area (Å²) >= 11 is 0. The molecule has 114 valence electrons. The Morgan fingerprint density at radius 2 is 2.10 bits per heavy atom. The molecule has 1 aliphatic heterocycles. The Labute approximate surface area is 118 Å². The standard InChI is InChI=1S/C13H22N2O5/c1-3-9(11(16)17)8-14-13(19)15-7-5-6-10(15)12(18)20-4-2/h9-10H,3-8H2,1-2H3,(H,14,19)(H,16,17). The fourth-order valence-corrected chi connectivity index (χ4v) is 2.21. The van der Waals surface area contributed by atoms with Crippen molar-refractivity contribution in [1.82, 2.24) is 10.2 Å². The number of hydrogen-bond donors (Lipinski definition) is 2. The van der Waals surface area contributed by atoms with Crippen molar-refractivity contribution < 1.29 is 24.2 Å². The zero-order chi connectivity index (χ0) is 15.1. The van der Waals surface area contributed by atoms with Gasteiger partial charge >= 0.3 is 18.0 Å². The third-order valence-electron chi connectivity index (χ3n) is 3.41. The molecule has 0 saturated carbocycles. The van der Waals surface area contributed by atoms with Gasteiger partial charge in [-0.1, -0.05) is 6.92 Å². The van der Waals surface area contributed by atoms with E-state index in [4.69, 9.17) is 9.84 Å². The van der Waals surface area contributed by atoms with Crippen LogP contribution in [0.15, 0.2) is 0 Å². The Hall–Kier alpha value is -1.79. The normalized spacial score (nSPS) is 19.5. The van der Waals surface area contributed by atoms with Crippen LogP contribution in [-0.4, -0.2) is 53.7 Å². The van der Waals surface area contributed by atoms with Crippen LogP contribution in [0.4, 0.5) is 4.79 Å². The lowest BCUT2D eigenvalue weighted by atomic mass is 10.1. The molecule has 20 heavy (non-hydrogen) atoms. The number of nitrogens with zero attached hydrogens (tertiary/aromatic N) is 1. The van der Waals surface area contributed by atoms with E-state index >= 15 is 0 Å². The Balaban J connectivity index is 2.53. The van der Waals surface area contributed by atoms with E-state index in [1.54, 1.807) is 13.8 Å². The summed E-state index contributed by atoms with van der Waals surface area (Å²) in [5, 5.41) is 11.5. The number of carbonyl (C=O) groups is 3. The van der Waals surface area contributed by atoms with Crippen LogP contribution >= 0.6 is 0 Å². The van der Waals surface area contributed by atoms with Gasteiger partial charge in [0.25, 0.3) is 0 Å². The van der Waals surface area contributed by atoms with E-state index in [2.05, 4.69) is 5.32 Å². The molecule has 0 aromatic carbocycles. The first kappa shape index (κ1) is 16.3. The number of nitrogens with one attached hydrogen (secondary N) is 1. The van der Waals surface area contributed by atoms with Gasteiger partial charge in [0.2, 0.25) is 0 Å². The Morgan fingerprint density at radius 3 is 2.65 bits per heavy atom. The van der Waals surface area contributed by atoms with E-state index in [1.165, 1.54) is 4.90 Å². The van der Waals surface area contributed by atoms with E-state index in [0.29, 0.717) is 19.4 Å². The topological polar surface area (TPSA) is 95.9 Å². The van der Waals surface area contributed by atoms with Crippen LogP contribution in [0.1, 0.15) is 33.1 Å². The third-order valence-corrected chi connectivity index (χ3v) is 3.41. The molecule has 0 radical (unpaired) electrons. The maximum absolute atomic E-state index is 12.0.